The van der Waals surface area contributed by atoms with Crippen molar-refractivity contribution in [2.24, 2.45) is 0 Å². The predicted octanol–water partition coefficient (Wildman–Crippen LogP) is 3.62. The first-order valence-corrected chi connectivity index (χ1v) is 8.62. The standard InChI is InChI=1S/C22H16BNO2/c25-23(26)18-11-6-7-15-13-14-20-22(21(15)18)17-10-4-5-12-19(17)24(20)16-8-2-1-3-9-16/h1-14,25-26H. The van der Waals surface area contributed by atoms with E-state index in [1.54, 1.807) is 6.07 Å². The van der Waals surface area contributed by atoms with Gasteiger partial charge < -0.3 is 14.6 Å². The number of hydrogen-bond acceptors (Lipinski definition) is 2. The third-order valence-electron chi connectivity index (χ3n) is 5.00. The molecule has 124 valence electrons. The molecule has 0 amide bonds. The van der Waals surface area contributed by atoms with E-state index in [0.29, 0.717) is 5.46 Å². The van der Waals surface area contributed by atoms with Crippen molar-refractivity contribution >= 4 is 45.2 Å². The van der Waals surface area contributed by atoms with E-state index in [1.807, 2.05) is 48.5 Å². The monoisotopic (exact) mass is 337 g/mol. The fourth-order valence-corrected chi connectivity index (χ4v) is 3.94. The van der Waals surface area contributed by atoms with E-state index in [4.69, 9.17) is 0 Å². The molecule has 1 aromatic heterocycles. The van der Waals surface area contributed by atoms with E-state index in [9.17, 15) is 10.0 Å². The smallest absolute Gasteiger partial charge is 0.423 e. The maximum atomic E-state index is 9.93. The Morgan fingerprint density at radius 3 is 2.19 bits per heavy atom. The minimum absolute atomic E-state index is 0.532. The molecule has 0 saturated heterocycles. The lowest BCUT2D eigenvalue weighted by Gasteiger charge is -2.10. The summed E-state index contributed by atoms with van der Waals surface area (Å²) in [4.78, 5) is 0. The lowest BCUT2D eigenvalue weighted by molar-refractivity contribution is 0.426. The lowest BCUT2D eigenvalue weighted by Crippen LogP contribution is -2.30. The van der Waals surface area contributed by atoms with E-state index in [0.717, 1.165) is 38.3 Å². The molecule has 0 fully saturated rings. The molecule has 2 N–H and O–H groups in total. The van der Waals surface area contributed by atoms with Crippen LogP contribution in [0.1, 0.15) is 0 Å². The van der Waals surface area contributed by atoms with Gasteiger partial charge >= 0.3 is 7.12 Å². The predicted molar refractivity (Wildman–Crippen MR) is 108 cm³/mol. The van der Waals surface area contributed by atoms with Crippen LogP contribution in [-0.2, 0) is 0 Å². The zero-order valence-electron chi connectivity index (χ0n) is 14.0. The van der Waals surface area contributed by atoms with Gasteiger partial charge in [0.1, 0.15) is 0 Å². The highest BCUT2D eigenvalue weighted by Crippen LogP contribution is 2.36. The SMILES string of the molecule is OB(O)c1cccc2ccc3c(c4ccccc4n3-c3ccccc3)c12. The highest BCUT2D eigenvalue weighted by Gasteiger charge is 2.20. The Morgan fingerprint density at radius 2 is 1.38 bits per heavy atom. The lowest BCUT2D eigenvalue weighted by atomic mass is 9.76. The molecule has 26 heavy (non-hydrogen) atoms. The van der Waals surface area contributed by atoms with Gasteiger partial charge in [0.05, 0.1) is 11.0 Å². The molecule has 3 nitrogen and oxygen atoms in total. The quantitative estimate of drug-likeness (QED) is 0.483. The molecular weight excluding hydrogens is 321 g/mol. The largest absolute Gasteiger partial charge is 0.489 e. The third kappa shape index (κ3) is 2.10. The summed E-state index contributed by atoms with van der Waals surface area (Å²) in [6.45, 7) is 0. The Hall–Kier alpha value is -3.08. The molecule has 5 rings (SSSR count). The van der Waals surface area contributed by atoms with Crippen molar-refractivity contribution in [2.75, 3.05) is 0 Å². The molecule has 5 aromatic rings. The first kappa shape index (κ1) is 15.2. The van der Waals surface area contributed by atoms with Crippen LogP contribution in [0.25, 0.3) is 38.3 Å². The molecule has 0 saturated carbocycles. The van der Waals surface area contributed by atoms with E-state index in [2.05, 4.69) is 34.9 Å². The molecule has 0 atom stereocenters. The molecule has 0 aliphatic rings. The third-order valence-corrected chi connectivity index (χ3v) is 5.00. The number of rotatable bonds is 2. The van der Waals surface area contributed by atoms with Gasteiger partial charge in [0, 0.05) is 16.5 Å². The number of aromatic nitrogens is 1. The van der Waals surface area contributed by atoms with Crippen LogP contribution >= 0.6 is 0 Å². The molecule has 1 heterocycles. The van der Waals surface area contributed by atoms with Crippen LogP contribution in [0.4, 0.5) is 0 Å². The van der Waals surface area contributed by atoms with Gasteiger partial charge in [-0.2, -0.15) is 0 Å². The van der Waals surface area contributed by atoms with Gasteiger partial charge in [0.25, 0.3) is 0 Å². The van der Waals surface area contributed by atoms with Gasteiger partial charge in [-0.1, -0.05) is 60.7 Å². The summed E-state index contributed by atoms with van der Waals surface area (Å²) in [6.07, 6.45) is 0. The molecule has 0 spiro atoms. The summed E-state index contributed by atoms with van der Waals surface area (Å²) in [5.74, 6) is 0. The van der Waals surface area contributed by atoms with Gasteiger partial charge in [0.15, 0.2) is 0 Å². The Morgan fingerprint density at radius 1 is 0.615 bits per heavy atom. The minimum Gasteiger partial charge on any atom is -0.423 e. The molecule has 4 aromatic carbocycles. The average molecular weight is 337 g/mol. The van der Waals surface area contributed by atoms with Gasteiger partial charge in [-0.05, 0) is 40.5 Å². The van der Waals surface area contributed by atoms with Crippen LogP contribution in [0, 0.1) is 0 Å². The highest BCUT2D eigenvalue weighted by molar-refractivity contribution is 6.63. The topological polar surface area (TPSA) is 45.4 Å². The van der Waals surface area contributed by atoms with Crippen LogP contribution in [0.15, 0.2) is 84.9 Å². The first-order chi connectivity index (χ1) is 12.8. The zero-order valence-corrected chi connectivity index (χ0v) is 14.0. The van der Waals surface area contributed by atoms with Crippen LogP contribution in [-0.4, -0.2) is 21.7 Å². The Labute approximate surface area is 150 Å². The Bertz CT molecular complexity index is 1260. The van der Waals surface area contributed by atoms with Crippen LogP contribution < -0.4 is 5.46 Å². The van der Waals surface area contributed by atoms with Gasteiger partial charge in [-0.15, -0.1) is 0 Å². The van der Waals surface area contributed by atoms with Crippen LogP contribution in [0.5, 0.6) is 0 Å². The fraction of sp³-hybridized carbons (Fsp3) is 0. The maximum absolute atomic E-state index is 9.93. The number of nitrogens with zero attached hydrogens (tertiary/aromatic N) is 1. The van der Waals surface area contributed by atoms with Crippen LogP contribution in [0.2, 0.25) is 0 Å². The first-order valence-electron chi connectivity index (χ1n) is 8.62. The summed E-state index contributed by atoms with van der Waals surface area (Å²) in [7, 11) is -1.51. The van der Waals surface area contributed by atoms with E-state index in [-0.39, 0.29) is 0 Å². The number of hydrogen-bond donors (Lipinski definition) is 2. The molecule has 4 heteroatoms. The van der Waals surface area contributed by atoms with Gasteiger partial charge in [-0.25, -0.2) is 0 Å². The maximum Gasteiger partial charge on any atom is 0.489 e. The Balaban J connectivity index is 2.06. The number of para-hydroxylation sites is 2. The van der Waals surface area contributed by atoms with E-state index in [1.165, 1.54) is 0 Å². The average Bonchev–Trinajstić information content (AvgIpc) is 3.02. The summed E-state index contributed by atoms with van der Waals surface area (Å²) in [5.41, 5.74) is 3.77. The second-order valence-electron chi connectivity index (χ2n) is 6.47. The molecule has 0 radical (unpaired) electrons. The normalized spacial score (nSPS) is 11.5. The van der Waals surface area contributed by atoms with Gasteiger partial charge in [-0.3, -0.25) is 0 Å². The minimum atomic E-state index is -1.51. The Kier molecular flexibility index (Phi) is 3.35. The fourth-order valence-electron chi connectivity index (χ4n) is 3.94. The molecule has 0 unspecified atom stereocenters. The zero-order chi connectivity index (χ0) is 17.7. The van der Waals surface area contributed by atoms with Crippen molar-refractivity contribution in [3.05, 3.63) is 84.9 Å². The summed E-state index contributed by atoms with van der Waals surface area (Å²) in [5, 5.41) is 23.9. The summed E-state index contributed by atoms with van der Waals surface area (Å²) >= 11 is 0. The van der Waals surface area contributed by atoms with E-state index < -0.39 is 7.12 Å². The second-order valence-corrected chi connectivity index (χ2v) is 6.47. The van der Waals surface area contributed by atoms with Crippen molar-refractivity contribution in [1.29, 1.82) is 0 Å². The van der Waals surface area contributed by atoms with Crippen molar-refractivity contribution in [3.8, 4) is 5.69 Å². The van der Waals surface area contributed by atoms with Crippen molar-refractivity contribution in [2.45, 2.75) is 0 Å². The van der Waals surface area contributed by atoms with Crippen molar-refractivity contribution in [1.82, 2.24) is 4.57 Å². The number of benzene rings is 4. The van der Waals surface area contributed by atoms with Crippen molar-refractivity contribution < 1.29 is 10.0 Å². The van der Waals surface area contributed by atoms with E-state index >= 15 is 0 Å². The van der Waals surface area contributed by atoms with Crippen molar-refractivity contribution in [3.63, 3.8) is 0 Å². The molecule has 0 aliphatic heterocycles. The molecular formula is C22H16BNO2. The second kappa shape index (κ2) is 5.73. The van der Waals surface area contributed by atoms with Crippen LogP contribution in [0.3, 0.4) is 0 Å². The number of fused-ring (bicyclic) bond motifs is 5. The molecule has 0 bridgehead atoms. The summed E-state index contributed by atoms with van der Waals surface area (Å²) in [6, 6.07) is 28.3. The summed E-state index contributed by atoms with van der Waals surface area (Å²) < 4.78 is 2.23. The molecule has 0 aliphatic carbocycles. The van der Waals surface area contributed by atoms with Gasteiger partial charge in [0.2, 0.25) is 0 Å². The highest BCUT2D eigenvalue weighted by atomic mass is 16.4.